The average molecular weight is 449 g/mol. The molecule has 0 N–H and O–H groups in total. The number of hydrogen-bond donors (Lipinski definition) is 0. The van der Waals surface area contributed by atoms with E-state index in [2.05, 4.69) is 30.3 Å². The third kappa shape index (κ3) is 4.81. The fraction of sp³-hybridized carbons (Fsp3) is 0.0667. The van der Waals surface area contributed by atoms with Gasteiger partial charge >= 0.3 is 0 Å². The van der Waals surface area contributed by atoms with Crippen LogP contribution in [-0.4, -0.2) is 26.8 Å². The molecule has 0 aliphatic rings. The Morgan fingerprint density at radius 3 is 1.71 bits per heavy atom. The molecule has 0 aliphatic carbocycles. The largest absolute Gasteiger partial charge is 0.496 e. The van der Waals surface area contributed by atoms with E-state index in [1.807, 2.05) is 42.5 Å². The highest BCUT2D eigenvalue weighted by Crippen LogP contribution is 2.29. The number of carbonyl (C=O) groups excluding carboxylic acids is 2. The van der Waals surface area contributed by atoms with Crippen LogP contribution in [-0.2, 0) is 0 Å². The second-order valence-corrected chi connectivity index (χ2v) is 7.69. The second kappa shape index (κ2) is 10.5. The van der Waals surface area contributed by atoms with Gasteiger partial charge < -0.3 is 9.47 Å². The number of fused-ring (bicyclic) bond motifs is 1. The van der Waals surface area contributed by atoms with Crippen LogP contribution in [0.4, 0.5) is 0 Å². The Morgan fingerprint density at radius 2 is 1.12 bits per heavy atom. The zero-order chi connectivity index (χ0) is 23.9. The molecule has 0 radical (unpaired) electrons. The van der Waals surface area contributed by atoms with E-state index in [0.29, 0.717) is 22.6 Å². The molecule has 0 spiro atoms. The van der Waals surface area contributed by atoms with Gasteiger partial charge in [0.2, 0.25) is 0 Å². The summed E-state index contributed by atoms with van der Waals surface area (Å²) in [6.45, 7) is 0. The van der Waals surface area contributed by atoms with Crippen molar-refractivity contribution in [3.63, 3.8) is 0 Å². The summed E-state index contributed by atoms with van der Waals surface area (Å²) in [4.78, 5) is 22.2. The Morgan fingerprint density at radius 1 is 0.588 bits per heavy atom. The minimum atomic E-state index is 0.567. The predicted molar refractivity (Wildman–Crippen MR) is 139 cm³/mol. The molecule has 0 saturated carbocycles. The molecule has 0 aromatic heterocycles. The van der Waals surface area contributed by atoms with E-state index in [4.69, 9.17) is 9.47 Å². The molecule has 4 heteroatoms. The molecule has 4 nitrogen and oxygen atoms in total. The van der Waals surface area contributed by atoms with Crippen molar-refractivity contribution in [1.29, 1.82) is 0 Å². The van der Waals surface area contributed by atoms with E-state index in [-0.39, 0.29) is 0 Å². The Kier molecular flexibility index (Phi) is 6.99. The van der Waals surface area contributed by atoms with Crippen LogP contribution in [0.25, 0.3) is 35.1 Å². The fourth-order valence-corrected chi connectivity index (χ4v) is 3.87. The van der Waals surface area contributed by atoms with Crippen molar-refractivity contribution in [1.82, 2.24) is 0 Å². The van der Waals surface area contributed by atoms with Crippen molar-refractivity contribution in [3.05, 3.63) is 106 Å². The van der Waals surface area contributed by atoms with E-state index in [1.54, 1.807) is 38.5 Å². The van der Waals surface area contributed by atoms with Crippen LogP contribution < -0.4 is 9.47 Å². The zero-order valence-corrected chi connectivity index (χ0v) is 19.0. The molecule has 0 heterocycles. The fourth-order valence-electron chi connectivity index (χ4n) is 3.87. The lowest BCUT2D eigenvalue weighted by atomic mass is 9.96. The first kappa shape index (κ1) is 22.7. The van der Waals surface area contributed by atoms with E-state index < -0.39 is 0 Å². The molecule has 0 amide bonds. The summed E-state index contributed by atoms with van der Waals surface area (Å²) in [5.74, 6) is 1.27. The normalized spacial score (nSPS) is 11.2. The first-order valence-corrected chi connectivity index (χ1v) is 10.8. The maximum atomic E-state index is 11.1. The maximum Gasteiger partial charge on any atom is 0.150 e. The summed E-state index contributed by atoms with van der Waals surface area (Å²) in [5, 5.41) is 2.25. The van der Waals surface area contributed by atoms with Crippen molar-refractivity contribution < 1.29 is 19.1 Å². The lowest BCUT2D eigenvalue weighted by molar-refractivity contribution is 0.111. The molecule has 4 aromatic rings. The molecular weight excluding hydrogens is 424 g/mol. The predicted octanol–water partition coefficient (Wildman–Crippen LogP) is 6.82. The van der Waals surface area contributed by atoms with Gasteiger partial charge in [0.1, 0.15) is 24.1 Å². The van der Waals surface area contributed by atoms with Crippen molar-refractivity contribution in [2.45, 2.75) is 0 Å². The summed E-state index contributed by atoms with van der Waals surface area (Å²) < 4.78 is 10.9. The van der Waals surface area contributed by atoms with E-state index in [0.717, 1.165) is 45.6 Å². The third-order valence-electron chi connectivity index (χ3n) is 5.66. The zero-order valence-electron chi connectivity index (χ0n) is 19.0. The van der Waals surface area contributed by atoms with Crippen LogP contribution in [0.15, 0.2) is 72.8 Å². The highest BCUT2D eigenvalue weighted by atomic mass is 16.5. The highest BCUT2D eigenvalue weighted by Gasteiger charge is 2.07. The van der Waals surface area contributed by atoms with E-state index in [9.17, 15) is 9.59 Å². The Bertz CT molecular complexity index is 1410. The minimum Gasteiger partial charge on any atom is -0.496 e. The number of hydrogen-bond acceptors (Lipinski definition) is 4. The lowest BCUT2D eigenvalue weighted by Gasteiger charge is -2.09. The van der Waals surface area contributed by atoms with Gasteiger partial charge in [-0.15, -0.1) is 0 Å². The van der Waals surface area contributed by atoms with Gasteiger partial charge in [-0.3, -0.25) is 9.59 Å². The van der Waals surface area contributed by atoms with Crippen LogP contribution in [0.3, 0.4) is 0 Å². The molecular formula is C30H24O4. The van der Waals surface area contributed by atoms with Crippen molar-refractivity contribution in [3.8, 4) is 11.5 Å². The average Bonchev–Trinajstić information content (AvgIpc) is 2.90. The number of aldehydes is 2. The van der Waals surface area contributed by atoms with Gasteiger partial charge in [0.05, 0.1) is 14.2 Å². The van der Waals surface area contributed by atoms with Crippen LogP contribution in [0.5, 0.6) is 11.5 Å². The van der Waals surface area contributed by atoms with Crippen LogP contribution in [0.1, 0.15) is 43.0 Å². The first-order valence-electron chi connectivity index (χ1n) is 10.8. The maximum absolute atomic E-state index is 11.1. The van der Waals surface area contributed by atoms with Gasteiger partial charge in [0.25, 0.3) is 0 Å². The highest BCUT2D eigenvalue weighted by molar-refractivity contribution is 5.97. The Labute approximate surface area is 198 Å². The number of ether oxygens (including phenoxy) is 2. The molecule has 0 bridgehead atoms. The Balaban J connectivity index is 1.79. The monoisotopic (exact) mass is 448 g/mol. The number of methoxy groups -OCH3 is 2. The summed E-state index contributed by atoms with van der Waals surface area (Å²) >= 11 is 0. The molecule has 168 valence electrons. The summed E-state index contributed by atoms with van der Waals surface area (Å²) in [5.41, 5.74) is 4.97. The van der Waals surface area contributed by atoms with Gasteiger partial charge in [0, 0.05) is 22.3 Å². The van der Waals surface area contributed by atoms with Crippen molar-refractivity contribution in [2.75, 3.05) is 14.2 Å². The summed E-state index contributed by atoms with van der Waals surface area (Å²) in [6.07, 6.45) is 9.68. The van der Waals surface area contributed by atoms with Crippen molar-refractivity contribution >= 4 is 47.6 Å². The Hall–Kier alpha value is -4.44. The lowest BCUT2D eigenvalue weighted by Crippen LogP contribution is -1.90. The molecule has 4 rings (SSSR count). The van der Waals surface area contributed by atoms with Gasteiger partial charge in [-0.05, 0) is 34.0 Å². The minimum absolute atomic E-state index is 0.567. The molecule has 0 saturated heterocycles. The SMILES string of the molecule is COc1cc(C=O)ccc1C=Cc1ccc2ccccc2c1C=Cc1ccc(C=O)cc1OC. The van der Waals surface area contributed by atoms with Gasteiger partial charge in [-0.1, -0.05) is 85.0 Å². The molecule has 0 atom stereocenters. The number of benzene rings is 4. The van der Waals surface area contributed by atoms with E-state index >= 15 is 0 Å². The van der Waals surface area contributed by atoms with Crippen LogP contribution in [0.2, 0.25) is 0 Å². The smallest absolute Gasteiger partial charge is 0.150 e. The molecule has 4 aromatic carbocycles. The first-order chi connectivity index (χ1) is 16.7. The van der Waals surface area contributed by atoms with Crippen LogP contribution >= 0.6 is 0 Å². The topological polar surface area (TPSA) is 52.6 Å². The molecule has 0 unspecified atom stereocenters. The third-order valence-corrected chi connectivity index (χ3v) is 5.66. The van der Waals surface area contributed by atoms with E-state index in [1.165, 1.54) is 0 Å². The van der Waals surface area contributed by atoms with Gasteiger partial charge in [-0.25, -0.2) is 0 Å². The van der Waals surface area contributed by atoms with Crippen LogP contribution in [0, 0.1) is 0 Å². The molecule has 0 fully saturated rings. The molecule has 0 aliphatic heterocycles. The summed E-state index contributed by atoms with van der Waals surface area (Å²) in [6, 6.07) is 23.1. The number of carbonyl (C=O) groups is 2. The number of rotatable bonds is 8. The van der Waals surface area contributed by atoms with Crippen molar-refractivity contribution in [2.24, 2.45) is 0 Å². The molecule has 34 heavy (non-hydrogen) atoms. The summed E-state index contributed by atoms with van der Waals surface area (Å²) in [7, 11) is 3.19. The quantitative estimate of drug-likeness (QED) is 0.219. The van der Waals surface area contributed by atoms with Gasteiger partial charge in [0.15, 0.2) is 0 Å². The van der Waals surface area contributed by atoms with Gasteiger partial charge in [-0.2, -0.15) is 0 Å². The standard InChI is InChI=1S/C30H24O4/c1-33-29-17-21(19-31)7-9-25(29)14-13-24-12-11-23-5-3-4-6-27(23)28(24)16-15-26-10-8-22(20-32)18-30(26)34-2/h3-20H,1-2H3. The second-order valence-electron chi connectivity index (χ2n) is 7.69.